The van der Waals surface area contributed by atoms with Crippen molar-refractivity contribution in [3.63, 3.8) is 0 Å². The van der Waals surface area contributed by atoms with Gasteiger partial charge in [0.05, 0.1) is 35.8 Å². The Labute approximate surface area is 116 Å². The first kappa shape index (κ1) is 13.1. The quantitative estimate of drug-likeness (QED) is 0.839. The zero-order valence-corrected chi connectivity index (χ0v) is 11.0. The summed E-state index contributed by atoms with van der Waals surface area (Å²) in [5.74, 6) is 0.645. The number of hydrogen-bond donors (Lipinski definition) is 2. The number of methoxy groups -OCH3 is 1. The highest BCUT2D eigenvalue weighted by Gasteiger charge is 2.07. The smallest absolute Gasteiger partial charge is 0.142 e. The molecule has 0 heterocycles. The summed E-state index contributed by atoms with van der Waals surface area (Å²) in [6.07, 6.45) is 0. The van der Waals surface area contributed by atoms with Gasteiger partial charge in [0, 0.05) is 5.02 Å². The van der Waals surface area contributed by atoms with Crippen molar-refractivity contribution in [2.45, 2.75) is 0 Å². The molecule has 0 radical (unpaired) electrons. The fourth-order valence-corrected chi connectivity index (χ4v) is 1.83. The van der Waals surface area contributed by atoms with E-state index in [1.54, 1.807) is 43.5 Å². The van der Waals surface area contributed by atoms with Gasteiger partial charge in [0.15, 0.2) is 0 Å². The van der Waals surface area contributed by atoms with E-state index in [2.05, 4.69) is 11.4 Å². The van der Waals surface area contributed by atoms with Crippen LogP contribution in [0.4, 0.5) is 17.1 Å². The molecular formula is C14H12ClN3O. The third-order valence-electron chi connectivity index (χ3n) is 2.61. The maximum atomic E-state index is 8.90. The number of halogens is 1. The topological polar surface area (TPSA) is 71.1 Å². The summed E-state index contributed by atoms with van der Waals surface area (Å²) in [4.78, 5) is 0. The summed E-state index contributed by atoms with van der Waals surface area (Å²) in [7, 11) is 1.57. The average Bonchev–Trinajstić information content (AvgIpc) is 2.41. The van der Waals surface area contributed by atoms with Crippen molar-refractivity contribution >= 4 is 28.7 Å². The molecule has 2 aromatic carbocycles. The van der Waals surface area contributed by atoms with Gasteiger partial charge < -0.3 is 15.8 Å². The highest BCUT2D eigenvalue weighted by Crippen LogP contribution is 2.32. The fourth-order valence-electron chi connectivity index (χ4n) is 1.66. The first-order chi connectivity index (χ1) is 9.13. The van der Waals surface area contributed by atoms with Gasteiger partial charge in [-0.3, -0.25) is 0 Å². The standard InChI is InChI=1S/C14H12ClN3O/c1-19-14-5-3-10(15)7-13(14)18-12-6-9(8-16)2-4-11(12)17/h2-7,18H,17H2,1H3. The lowest BCUT2D eigenvalue weighted by atomic mass is 10.1. The van der Waals surface area contributed by atoms with E-state index >= 15 is 0 Å². The van der Waals surface area contributed by atoms with Crippen LogP contribution in [0.2, 0.25) is 5.02 Å². The molecule has 0 spiro atoms. The lowest BCUT2D eigenvalue weighted by Gasteiger charge is -2.13. The van der Waals surface area contributed by atoms with E-state index < -0.39 is 0 Å². The molecule has 4 nitrogen and oxygen atoms in total. The van der Waals surface area contributed by atoms with E-state index in [0.29, 0.717) is 33.4 Å². The third kappa shape index (κ3) is 2.90. The summed E-state index contributed by atoms with van der Waals surface area (Å²) in [6.45, 7) is 0. The fraction of sp³-hybridized carbons (Fsp3) is 0.0714. The van der Waals surface area contributed by atoms with Crippen LogP contribution in [-0.2, 0) is 0 Å². The van der Waals surface area contributed by atoms with E-state index in [1.807, 2.05) is 0 Å². The Morgan fingerprint density at radius 1 is 1.21 bits per heavy atom. The van der Waals surface area contributed by atoms with Crippen LogP contribution in [-0.4, -0.2) is 7.11 Å². The van der Waals surface area contributed by atoms with Crippen LogP contribution in [0.5, 0.6) is 5.75 Å². The number of nitrogens with two attached hydrogens (primary N) is 1. The van der Waals surface area contributed by atoms with E-state index in [-0.39, 0.29) is 0 Å². The highest BCUT2D eigenvalue weighted by molar-refractivity contribution is 6.31. The second-order valence-electron chi connectivity index (χ2n) is 3.88. The Kier molecular flexibility index (Phi) is 3.79. The lowest BCUT2D eigenvalue weighted by molar-refractivity contribution is 0.417. The number of rotatable bonds is 3. The number of hydrogen-bond acceptors (Lipinski definition) is 4. The SMILES string of the molecule is COc1ccc(Cl)cc1Nc1cc(C#N)ccc1N. The number of nitrogen functional groups attached to an aromatic ring is 1. The third-order valence-corrected chi connectivity index (χ3v) is 2.85. The predicted molar refractivity (Wildman–Crippen MR) is 76.9 cm³/mol. The van der Waals surface area contributed by atoms with Gasteiger partial charge in [-0.1, -0.05) is 11.6 Å². The predicted octanol–water partition coefficient (Wildman–Crippen LogP) is 3.55. The molecule has 0 bridgehead atoms. The summed E-state index contributed by atoms with van der Waals surface area (Å²) >= 11 is 5.96. The molecule has 3 N–H and O–H groups in total. The second kappa shape index (κ2) is 5.51. The number of nitrogens with zero attached hydrogens (tertiary/aromatic N) is 1. The van der Waals surface area contributed by atoms with Gasteiger partial charge in [0.25, 0.3) is 0 Å². The van der Waals surface area contributed by atoms with Gasteiger partial charge in [-0.25, -0.2) is 0 Å². The Balaban J connectivity index is 2.41. The molecule has 0 amide bonds. The molecule has 0 saturated carbocycles. The first-order valence-electron chi connectivity index (χ1n) is 5.54. The minimum Gasteiger partial charge on any atom is -0.495 e. The molecule has 2 aromatic rings. The van der Waals surface area contributed by atoms with E-state index in [9.17, 15) is 0 Å². The molecule has 0 atom stereocenters. The molecule has 0 aliphatic heterocycles. The van der Waals surface area contributed by atoms with Crippen molar-refractivity contribution in [3.8, 4) is 11.8 Å². The molecule has 0 aromatic heterocycles. The van der Waals surface area contributed by atoms with E-state index in [0.717, 1.165) is 0 Å². The number of nitriles is 1. The van der Waals surface area contributed by atoms with Crippen molar-refractivity contribution in [1.82, 2.24) is 0 Å². The molecule has 0 saturated heterocycles. The number of ether oxygens (including phenoxy) is 1. The number of anilines is 3. The molecule has 96 valence electrons. The summed E-state index contributed by atoms with van der Waals surface area (Å²) in [5, 5.41) is 12.6. The van der Waals surface area contributed by atoms with Crippen LogP contribution in [0.3, 0.4) is 0 Å². The Morgan fingerprint density at radius 2 is 2.00 bits per heavy atom. The average molecular weight is 274 g/mol. The molecular weight excluding hydrogens is 262 g/mol. The number of nitrogens with one attached hydrogen (secondary N) is 1. The molecule has 0 unspecified atom stereocenters. The Hall–Kier alpha value is -2.38. The van der Waals surface area contributed by atoms with Gasteiger partial charge in [-0.15, -0.1) is 0 Å². The molecule has 0 fully saturated rings. The maximum Gasteiger partial charge on any atom is 0.142 e. The monoisotopic (exact) mass is 273 g/mol. The van der Waals surface area contributed by atoms with Gasteiger partial charge in [-0.05, 0) is 36.4 Å². The van der Waals surface area contributed by atoms with Crippen LogP contribution >= 0.6 is 11.6 Å². The molecule has 0 aliphatic carbocycles. The number of benzene rings is 2. The zero-order valence-electron chi connectivity index (χ0n) is 10.3. The molecule has 19 heavy (non-hydrogen) atoms. The van der Waals surface area contributed by atoms with Gasteiger partial charge in [0.2, 0.25) is 0 Å². The van der Waals surface area contributed by atoms with Gasteiger partial charge in [-0.2, -0.15) is 5.26 Å². The van der Waals surface area contributed by atoms with E-state index in [1.165, 1.54) is 0 Å². The van der Waals surface area contributed by atoms with Crippen molar-refractivity contribution < 1.29 is 4.74 Å². The highest BCUT2D eigenvalue weighted by atomic mass is 35.5. The van der Waals surface area contributed by atoms with Crippen molar-refractivity contribution in [2.24, 2.45) is 0 Å². The zero-order chi connectivity index (χ0) is 13.8. The summed E-state index contributed by atoms with van der Waals surface area (Å²) in [5.41, 5.74) is 8.27. The Morgan fingerprint density at radius 3 is 2.68 bits per heavy atom. The summed E-state index contributed by atoms with van der Waals surface area (Å²) < 4.78 is 5.24. The minimum absolute atomic E-state index is 0.526. The van der Waals surface area contributed by atoms with Crippen LogP contribution in [0.15, 0.2) is 36.4 Å². The first-order valence-corrected chi connectivity index (χ1v) is 5.92. The van der Waals surface area contributed by atoms with Crippen LogP contribution < -0.4 is 15.8 Å². The van der Waals surface area contributed by atoms with Crippen molar-refractivity contribution in [2.75, 3.05) is 18.2 Å². The van der Waals surface area contributed by atoms with Crippen LogP contribution in [0, 0.1) is 11.3 Å². The van der Waals surface area contributed by atoms with E-state index in [4.69, 9.17) is 27.3 Å². The minimum atomic E-state index is 0.526. The normalized spacial score (nSPS) is 9.74. The van der Waals surface area contributed by atoms with Crippen molar-refractivity contribution in [1.29, 1.82) is 5.26 Å². The molecule has 5 heteroatoms. The lowest BCUT2D eigenvalue weighted by Crippen LogP contribution is -1.99. The second-order valence-corrected chi connectivity index (χ2v) is 4.32. The maximum absolute atomic E-state index is 8.90. The largest absolute Gasteiger partial charge is 0.495 e. The van der Waals surface area contributed by atoms with Crippen LogP contribution in [0.25, 0.3) is 0 Å². The Bertz CT molecular complexity index is 650. The summed E-state index contributed by atoms with van der Waals surface area (Å²) in [6, 6.07) is 12.3. The van der Waals surface area contributed by atoms with Crippen LogP contribution in [0.1, 0.15) is 5.56 Å². The van der Waals surface area contributed by atoms with Gasteiger partial charge >= 0.3 is 0 Å². The van der Waals surface area contributed by atoms with Crippen molar-refractivity contribution in [3.05, 3.63) is 47.0 Å². The van der Waals surface area contributed by atoms with Gasteiger partial charge in [0.1, 0.15) is 5.75 Å². The molecule has 2 rings (SSSR count). The molecule has 0 aliphatic rings.